The van der Waals surface area contributed by atoms with Crippen LogP contribution in [0.2, 0.25) is 0 Å². The Hall–Kier alpha value is -4.43. The molecule has 0 radical (unpaired) electrons. The first-order valence-electron chi connectivity index (χ1n) is 13.5. The number of amides is 1. The van der Waals surface area contributed by atoms with Crippen molar-refractivity contribution in [3.63, 3.8) is 0 Å². The van der Waals surface area contributed by atoms with Gasteiger partial charge in [0.05, 0.1) is 17.3 Å². The zero-order valence-electron chi connectivity index (χ0n) is 23.9. The Morgan fingerprint density at radius 3 is 2.55 bits per heavy atom. The van der Waals surface area contributed by atoms with E-state index in [0.29, 0.717) is 35.1 Å². The molecule has 0 spiro atoms. The van der Waals surface area contributed by atoms with Gasteiger partial charge in [-0.15, -0.1) is 6.42 Å². The average molecular weight is 577 g/mol. The summed E-state index contributed by atoms with van der Waals surface area (Å²) in [7, 11) is 2.97. The van der Waals surface area contributed by atoms with Crippen LogP contribution in [0.4, 0.5) is 13.6 Å². The van der Waals surface area contributed by atoms with Gasteiger partial charge in [0, 0.05) is 56.1 Å². The summed E-state index contributed by atoms with van der Waals surface area (Å²) < 4.78 is 50.2. The number of pyridine rings is 1. The predicted molar refractivity (Wildman–Crippen MR) is 152 cm³/mol. The molecule has 2 fully saturated rings. The molecule has 3 heterocycles. The van der Waals surface area contributed by atoms with Crippen molar-refractivity contribution in [2.24, 2.45) is 18.9 Å². The van der Waals surface area contributed by atoms with Crippen molar-refractivity contribution < 1.29 is 27.8 Å². The standard InChI is InChI=1S/C31H30F2N4O5/c1-7-18-22(32)9-8-16-10-17(41-15-40-6)11-19(24(16)18)26-25(33)28-23(12-34-26)37(29(38)35(28)5)27-20-13-36(14-21(20)27)30(39)42-31(2,3)4/h1,8-12,20-21,27H,13-15H2,2-6H3/t20-,21+,27?. The molecule has 2 aromatic carbocycles. The SMILES string of the molecule is C#Cc1c(F)ccc2cc(OCOC)cc(-c3ncc4c(c3F)n(C)c(=O)n4C3[C@H]4CN(C(=O)OC(C)(C)C)C[C@@H]34)c12. The van der Waals surface area contributed by atoms with Crippen LogP contribution in [0.15, 0.2) is 35.3 Å². The van der Waals surface area contributed by atoms with Gasteiger partial charge in [-0.3, -0.25) is 14.1 Å². The van der Waals surface area contributed by atoms with E-state index in [0.717, 1.165) is 0 Å². The summed E-state index contributed by atoms with van der Waals surface area (Å²) in [5.41, 5.74) is -0.499. The van der Waals surface area contributed by atoms with E-state index < -0.39 is 17.2 Å². The van der Waals surface area contributed by atoms with E-state index in [1.807, 2.05) is 20.8 Å². The van der Waals surface area contributed by atoms with Crippen molar-refractivity contribution in [3.05, 3.63) is 58.1 Å². The quantitative estimate of drug-likeness (QED) is 0.250. The minimum atomic E-state index is -0.746. The number of benzene rings is 2. The number of piperidine rings is 1. The summed E-state index contributed by atoms with van der Waals surface area (Å²) in [5, 5.41) is 0.831. The van der Waals surface area contributed by atoms with Crippen LogP contribution in [-0.4, -0.2) is 57.7 Å². The molecule has 1 aliphatic carbocycles. The molecule has 2 aromatic heterocycles. The largest absolute Gasteiger partial charge is 0.468 e. The Balaban J connectivity index is 1.43. The summed E-state index contributed by atoms with van der Waals surface area (Å²) in [4.78, 5) is 32.1. The van der Waals surface area contributed by atoms with Crippen molar-refractivity contribution >= 4 is 27.9 Å². The first-order valence-corrected chi connectivity index (χ1v) is 13.5. The van der Waals surface area contributed by atoms with E-state index >= 15 is 4.39 Å². The van der Waals surface area contributed by atoms with Gasteiger partial charge in [-0.05, 0) is 44.4 Å². The van der Waals surface area contributed by atoms with Crippen molar-refractivity contribution in [1.82, 2.24) is 19.0 Å². The first-order chi connectivity index (χ1) is 19.9. The smallest absolute Gasteiger partial charge is 0.410 e. The van der Waals surface area contributed by atoms with Gasteiger partial charge in [-0.1, -0.05) is 12.0 Å². The maximum atomic E-state index is 16.4. The molecule has 3 atom stereocenters. The van der Waals surface area contributed by atoms with E-state index in [1.165, 1.54) is 43.1 Å². The molecule has 1 saturated heterocycles. The lowest BCUT2D eigenvalue weighted by atomic mass is 9.96. The molecule has 42 heavy (non-hydrogen) atoms. The Morgan fingerprint density at radius 1 is 1.19 bits per heavy atom. The number of rotatable bonds is 5. The lowest BCUT2D eigenvalue weighted by molar-refractivity contribution is 0.0266. The highest BCUT2D eigenvalue weighted by Gasteiger charge is 2.59. The Labute approximate surface area is 240 Å². The maximum absolute atomic E-state index is 16.4. The third kappa shape index (κ3) is 4.38. The van der Waals surface area contributed by atoms with Crippen molar-refractivity contribution in [3.8, 4) is 29.4 Å². The molecule has 1 aliphatic heterocycles. The van der Waals surface area contributed by atoms with Gasteiger partial charge in [0.25, 0.3) is 0 Å². The topological polar surface area (TPSA) is 87.8 Å². The van der Waals surface area contributed by atoms with Gasteiger partial charge in [0.2, 0.25) is 0 Å². The van der Waals surface area contributed by atoms with Crippen LogP contribution in [-0.2, 0) is 16.5 Å². The molecule has 4 aromatic rings. The first kappa shape index (κ1) is 27.7. The molecule has 0 N–H and O–H groups in total. The van der Waals surface area contributed by atoms with Crippen LogP contribution >= 0.6 is 0 Å². The summed E-state index contributed by atoms with van der Waals surface area (Å²) in [6.07, 6.45) is 6.73. The number of aromatic nitrogens is 3. The molecule has 2 aliphatic rings. The Kier molecular flexibility index (Phi) is 6.50. The Bertz CT molecular complexity index is 1850. The highest BCUT2D eigenvalue weighted by Crippen LogP contribution is 2.55. The van der Waals surface area contributed by atoms with Crippen LogP contribution < -0.4 is 10.4 Å². The second kappa shape index (κ2) is 9.84. The van der Waals surface area contributed by atoms with Gasteiger partial charge in [0.1, 0.15) is 28.4 Å². The van der Waals surface area contributed by atoms with Crippen molar-refractivity contribution in [2.75, 3.05) is 27.0 Å². The normalized spacial score (nSPS) is 19.7. The van der Waals surface area contributed by atoms with Gasteiger partial charge in [0.15, 0.2) is 12.6 Å². The monoisotopic (exact) mass is 576 g/mol. The number of ether oxygens (including phenoxy) is 3. The third-order valence-electron chi connectivity index (χ3n) is 7.94. The summed E-state index contributed by atoms with van der Waals surface area (Å²) in [6.45, 7) is 6.27. The van der Waals surface area contributed by atoms with E-state index in [2.05, 4.69) is 10.9 Å². The van der Waals surface area contributed by atoms with E-state index in [9.17, 15) is 14.0 Å². The number of fused-ring (bicyclic) bond motifs is 3. The predicted octanol–water partition coefficient (Wildman–Crippen LogP) is 4.84. The second-order valence-electron chi connectivity index (χ2n) is 11.8. The minimum Gasteiger partial charge on any atom is -0.468 e. The fourth-order valence-corrected chi connectivity index (χ4v) is 6.10. The number of hydrogen-bond donors (Lipinski definition) is 0. The molecule has 1 amide bonds. The highest BCUT2D eigenvalue weighted by molar-refractivity contribution is 6.02. The van der Waals surface area contributed by atoms with Crippen molar-refractivity contribution in [1.29, 1.82) is 0 Å². The van der Waals surface area contributed by atoms with Crippen LogP contribution in [0, 0.1) is 35.8 Å². The van der Waals surface area contributed by atoms with Crippen LogP contribution in [0.1, 0.15) is 32.4 Å². The number of likely N-dealkylation sites (tertiary alicyclic amines) is 1. The molecule has 1 saturated carbocycles. The summed E-state index contributed by atoms with van der Waals surface area (Å²) >= 11 is 0. The van der Waals surface area contributed by atoms with Crippen LogP contribution in [0.5, 0.6) is 5.75 Å². The lowest BCUT2D eigenvalue weighted by Gasteiger charge is -2.26. The molecular weight excluding hydrogens is 546 g/mol. The molecule has 218 valence electrons. The third-order valence-corrected chi connectivity index (χ3v) is 7.94. The van der Waals surface area contributed by atoms with E-state index in [1.54, 1.807) is 15.5 Å². The van der Waals surface area contributed by atoms with Gasteiger partial charge in [-0.25, -0.2) is 18.4 Å². The number of carbonyl (C=O) groups excluding carboxylic acids is 1. The number of terminal acetylenes is 1. The zero-order valence-corrected chi connectivity index (χ0v) is 23.9. The lowest BCUT2D eigenvalue weighted by Crippen LogP contribution is -2.37. The molecule has 0 bridgehead atoms. The maximum Gasteiger partial charge on any atom is 0.410 e. The highest BCUT2D eigenvalue weighted by atomic mass is 19.1. The van der Waals surface area contributed by atoms with Crippen molar-refractivity contribution in [2.45, 2.75) is 32.4 Å². The molecule has 6 rings (SSSR count). The number of halogens is 2. The number of methoxy groups -OCH3 is 1. The molecular formula is C31H30F2N4O5. The van der Waals surface area contributed by atoms with Gasteiger partial charge >= 0.3 is 11.8 Å². The number of nitrogens with zero attached hydrogens (tertiary/aromatic N) is 4. The summed E-state index contributed by atoms with van der Waals surface area (Å²) in [6, 6.07) is 5.77. The number of carbonyl (C=O) groups is 1. The fraction of sp³-hybridized carbons (Fsp3) is 0.387. The van der Waals surface area contributed by atoms with E-state index in [-0.39, 0.29) is 58.8 Å². The minimum absolute atomic E-state index is 0.0334. The average Bonchev–Trinajstić information content (AvgIpc) is 3.27. The number of imidazole rings is 1. The van der Waals surface area contributed by atoms with Gasteiger partial charge in [-0.2, -0.15) is 0 Å². The fourth-order valence-electron chi connectivity index (χ4n) is 6.10. The van der Waals surface area contributed by atoms with Crippen LogP contribution in [0.25, 0.3) is 33.1 Å². The van der Waals surface area contributed by atoms with E-state index in [4.69, 9.17) is 20.6 Å². The molecule has 1 unspecified atom stereocenters. The van der Waals surface area contributed by atoms with Crippen LogP contribution in [0.3, 0.4) is 0 Å². The Morgan fingerprint density at radius 2 is 1.90 bits per heavy atom. The zero-order chi connectivity index (χ0) is 30.1. The van der Waals surface area contributed by atoms with Gasteiger partial charge < -0.3 is 19.1 Å². The second-order valence-corrected chi connectivity index (χ2v) is 11.8. The summed E-state index contributed by atoms with van der Waals surface area (Å²) in [5.74, 6) is 1.44. The molecule has 11 heteroatoms. The number of aryl methyl sites for hydroxylation is 1. The molecule has 9 nitrogen and oxygen atoms in total. The number of hydrogen-bond acceptors (Lipinski definition) is 6.